The van der Waals surface area contributed by atoms with Gasteiger partial charge in [0.25, 0.3) is 11.1 Å². The van der Waals surface area contributed by atoms with Gasteiger partial charge in [-0.2, -0.15) is 0 Å². The van der Waals surface area contributed by atoms with Crippen LogP contribution >= 0.6 is 0 Å². The maximum absolute atomic E-state index is 11.8. The van der Waals surface area contributed by atoms with E-state index in [1.807, 2.05) is 65.3 Å². The third-order valence-electron chi connectivity index (χ3n) is 15.3. The number of pyridine rings is 2. The molecule has 0 atom stereocenters. The van der Waals surface area contributed by atoms with Gasteiger partial charge in [0.05, 0.1) is 0 Å². The molecule has 0 fully saturated rings. The van der Waals surface area contributed by atoms with E-state index in [1.165, 1.54) is 72.2 Å². The summed E-state index contributed by atoms with van der Waals surface area (Å²) in [6.07, 6.45) is 10.5. The van der Waals surface area contributed by atoms with Gasteiger partial charge >= 0.3 is 0 Å². The average Bonchev–Trinajstić information content (AvgIpc) is 3.36. The van der Waals surface area contributed by atoms with E-state index >= 15 is 0 Å². The van der Waals surface area contributed by atoms with Crippen LogP contribution in [-0.2, 0) is 87.6 Å². The predicted molar refractivity (Wildman–Crippen MR) is 362 cm³/mol. The fraction of sp³-hybridized carbons (Fsp3) is 0.493. The summed E-state index contributed by atoms with van der Waals surface area (Å²) >= 11 is 0. The Balaban J connectivity index is 0.000000508. The monoisotopic (exact) mass is 1300 g/mol. The zero-order valence-electron chi connectivity index (χ0n) is 59.1. The van der Waals surface area contributed by atoms with Crippen LogP contribution in [0.2, 0.25) is 0 Å². The molecule has 6 heterocycles. The second-order valence-corrected chi connectivity index (χ2v) is 29.2. The normalized spacial score (nSPS) is 13.9. The van der Waals surface area contributed by atoms with E-state index in [0.29, 0.717) is 0 Å². The predicted octanol–water partition coefficient (Wildman–Crippen LogP) is 19.4. The summed E-state index contributed by atoms with van der Waals surface area (Å²) in [7, 11) is 0. The Morgan fingerprint density at radius 2 is 0.918 bits per heavy atom. The van der Waals surface area contributed by atoms with E-state index in [9.17, 15) is 9.59 Å². The number of rotatable bonds is 0. The molecule has 0 N–H and O–H groups in total. The maximum Gasteiger partial charge on any atom is 0.251 e. The van der Waals surface area contributed by atoms with Gasteiger partial charge in [0.1, 0.15) is 0 Å². The molecule has 0 amide bonds. The van der Waals surface area contributed by atoms with Crippen LogP contribution in [0.3, 0.4) is 0 Å². The van der Waals surface area contributed by atoms with Crippen molar-refractivity contribution in [1.82, 2.24) is 28.1 Å². The van der Waals surface area contributed by atoms with Crippen molar-refractivity contribution < 1.29 is 65.4 Å². The van der Waals surface area contributed by atoms with Crippen molar-refractivity contribution in [2.45, 2.75) is 248 Å². The minimum atomic E-state index is -0.139. The van der Waals surface area contributed by atoms with Crippen LogP contribution in [0.4, 0.5) is 0 Å². The molecule has 8 rings (SSSR count). The molecule has 2 aliphatic heterocycles. The molecule has 10 heteroatoms. The van der Waals surface area contributed by atoms with E-state index in [-0.39, 0.29) is 110 Å². The largest absolute Gasteiger partial charge is 0.391 e. The Hall–Kier alpha value is -4.33. The molecule has 0 saturated heterocycles. The van der Waals surface area contributed by atoms with Crippen molar-refractivity contribution >= 4 is 21.8 Å². The van der Waals surface area contributed by atoms with Crippen LogP contribution in [0.1, 0.15) is 204 Å². The summed E-state index contributed by atoms with van der Waals surface area (Å²) in [6, 6.07) is 22.9. The smallest absolute Gasteiger partial charge is 0.251 e. The number of allylic oxidation sites excluding steroid dienone is 7. The Morgan fingerprint density at radius 1 is 0.447 bits per heavy atom. The molecule has 6 aromatic rings. The Morgan fingerprint density at radius 3 is 1.39 bits per heavy atom. The number of fused-ring (bicyclic) bond motifs is 2. The Bertz CT molecular complexity index is 3570. The van der Waals surface area contributed by atoms with Gasteiger partial charge in [-0.3, -0.25) is 9.59 Å². The number of hydrogen-bond acceptors (Lipinski definition) is 4. The first-order valence-electron chi connectivity index (χ1n) is 29.6. The molecular weight excluding hydrogens is 1190 g/mol. The van der Waals surface area contributed by atoms with E-state index in [2.05, 4.69) is 265 Å². The van der Waals surface area contributed by atoms with Crippen molar-refractivity contribution in [2.75, 3.05) is 0 Å². The van der Waals surface area contributed by atoms with E-state index < -0.39 is 0 Å². The van der Waals surface area contributed by atoms with Crippen molar-refractivity contribution in [3.05, 3.63) is 209 Å². The molecule has 8 nitrogen and oxygen atoms in total. The van der Waals surface area contributed by atoms with Gasteiger partial charge in [0.15, 0.2) is 0 Å². The van der Waals surface area contributed by atoms with Gasteiger partial charge in [-0.05, 0) is 280 Å². The van der Waals surface area contributed by atoms with Crippen LogP contribution in [0, 0.1) is 67.5 Å². The van der Waals surface area contributed by atoms with E-state index in [0.717, 1.165) is 33.8 Å². The minimum Gasteiger partial charge on any atom is -0.391 e. The molecular formula is C75H110N6O2Y2-2. The third-order valence-corrected chi connectivity index (χ3v) is 15.3. The second kappa shape index (κ2) is 30.2. The molecule has 2 aliphatic rings. The number of aryl methyl sites for hydroxylation is 6. The van der Waals surface area contributed by atoms with Gasteiger partial charge in [-0.1, -0.05) is 27.0 Å². The molecule has 460 valence electrons. The zero-order chi connectivity index (χ0) is 64.2. The first-order chi connectivity index (χ1) is 37.5. The molecule has 0 bridgehead atoms. The molecule has 0 aliphatic carbocycles. The number of aromatic nitrogens is 4. The second-order valence-electron chi connectivity index (χ2n) is 29.2. The van der Waals surface area contributed by atoms with Crippen molar-refractivity contribution in [3.63, 3.8) is 0 Å². The summed E-state index contributed by atoms with van der Waals surface area (Å²) < 4.78 is 8.31. The van der Waals surface area contributed by atoms with Gasteiger partial charge in [0.2, 0.25) is 0 Å². The van der Waals surface area contributed by atoms with Crippen LogP contribution in [-0.4, -0.2) is 39.1 Å². The van der Waals surface area contributed by atoms with Gasteiger partial charge in [0, 0.05) is 146 Å². The molecule has 0 spiro atoms. The summed E-state index contributed by atoms with van der Waals surface area (Å²) in [4.78, 5) is 27.9. The Kier molecular flexibility index (Phi) is 28.0. The molecule has 85 heavy (non-hydrogen) atoms. The maximum atomic E-state index is 11.8. The number of benzene rings is 2. The fourth-order valence-corrected chi connectivity index (χ4v) is 10.5. The number of nitrogens with zero attached hydrogens (tertiary/aromatic N) is 6. The van der Waals surface area contributed by atoms with Gasteiger partial charge < -0.3 is 28.1 Å². The van der Waals surface area contributed by atoms with Crippen molar-refractivity contribution in [1.29, 1.82) is 0 Å². The van der Waals surface area contributed by atoms with Crippen LogP contribution in [0.25, 0.3) is 21.8 Å². The zero-order valence-corrected chi connectivity index (χ0v) is 64.8. The van der Waals surface area contributed by atoms with Gasteiger partial charge in [-0.25, -0.2) is 0 Å². The van der Waals surface area contributed by atoms with E-state index in [4.69, 9.17) is 0 Å². The standard InChI is InChI=1S/C14H18N.C13H16N.C13H21N.C12H19NO.C12H19N.C11H17NO.2Y/c1-10-6-7-12-9-11(2)15(13(12)8-10)14(3,4)5;1-10-5-6-11-7-8-14(12(11)9-10)13(2,3)4;1-9-8-10(2)14(13(5,6)7)12(4)11(9)3;1-8-7-11(14)13(12(4,5)6)10(3)9(8)2;1-9-7-11(3)13(8-10(9)2)12(4,5)6;1-8-6-10(13)12(7-9(8)2)11(3,4)5;;/h6,8-9H,1-5H3;5,7-9H,1-4H3;8H,2H2,1,3-7H3;7H,1-6H3;7-8H,3H2,1-2,4-6H3;6-7H,1-5H3;;/q2*-1;;;;;;. The first kappa shape index (κ1) is 78.7. The molecule has 2 aromatic carbocycles. The van der Waals surface area contributed by atoms with Crippen LogP contribution in [0.15, 0.2) is 141 Å². The third kappa shape index (κ3) is 21.2. The fourth-order valence-electron chi connectivity index (χ4n) is 10.5. The topological polar surface area (TPSA) is 60.3 Å². The first-order valence-corrected chi connectivity index (χ1v) is 29.6. The average molecular weight is 1310 g/mol. The van der Waals surface area contributed by atoms with Crippen molar-refractivity contribution in [2.24, 2.45) is 0 Å². The quantitative estimate of drug-likeness (QED) is 0.142. The summed E-state index contributed by atoms with van der Waals surface area (Å²) in [5.74, 6) is 0. The summed E-state index contributed by atoms with van der Waals surface area (Å²) in [5.41, 5.74) is 21.2. The van der Waals surface area contributed by atoms with Crippen LogP contribution in [0.5, 0.6) is 0 Å². The summed E-state index contributed by atoms with van der Waals surface area (Å²) in [6.45, 7) is 74.2. The number of hydrogen-bond donors (Lipinski definition) is 0. The molecule has 2 radical (unpaired) electrons. The van der Waals surface area contributed by atoms with Gasteiger partial charge in [-0.15, -0.1) is 70.4 Å². The molecule has 4 aromatic heterocycles. The molecule has 0 saturated carbocycles. The van der Waals surface area contributed by atoms with E-state index in [1.54, 1.807) is 16.7 Å². The SMILES string of the molecule is C=C1C=C(C)C(C)=C(C)N1C(C)(C)C.C=C1C=C(C)C(C)=CN1C(C)(C)C.Cc1c[c-]c2cc(C)n(C(C)(C)C)c2c1.Cc1c[c-]c2ccn(C(C)(C)C)c2c1.Cc1cc(=O)n(C(C)(C)C)c(C)c1C.Cc1cc(=O)n(C(C)(C)C)cc1C.[Y].[Y]. The van der Waals surface area contributed by atoms with Crippen molar-refractivity contribution in [3.8, 4) is 0 Å². The van der Waals surface area contributed by atoms with Crippen LogP contribution < -0.4 is 11.1 Å². The molecule has 0 unspecified atom stereocenters. The minimum absolute atomic E-state index is 0. The Labute approximate surface area is 567 Å². The summed E-state index contributed by atoms with van der Waals surface area (Å²) in [5, 5.41) is 2.42.